The maximum absolute atomic E-state index is 13.4. The van der Waals surface area contributed by atoms with Crippen LogP contribution in [-0.4, -0.2) is 60.8 Å². The van der Waals surface area contributed by atoms with Crippen LogP contribution < -0.4 is 9.80 Å². The fourth-order valence-electron chi connectivity index (χ4n) is 5.05. The van der Waals surface area contributed by atoms with Gasteiger partial charge in [-0.25, -0.2) is 4.39 Å². The molecule has 0 aliphatic carbocycles. The third kappa shape index (κ3) is 5.02. The van der Waals surface area contributed by atoms with Crippen LogP contribution in [0.5, 0.6) is 0 Å². The molecule has 0 unspecified atom stereocenters. The molecule has 8 heteroatoms. The van der Waals surface area contributed by atoms with Crippen LogP contribution in [0, 0.1) is 5.82 Å². The third-order valence-electron chi connectivity index (χ3n) is 6.93. The minimum atomic E-state index is -0.609. The standard InChI is InChI=1S/C27H28ClFN4O2/c28-19-5-7-21-23(17-19)30-10-9-24(21)32-15-13-31(14-16-32)11-3-1-2-4-12-33-25-8-6-20(29)18-22(25)26(34)27(33)35/h5-10,17-18H,1-4,11-16H2. The van der Waals surface area contributed by atoms with Gasteiger partial charge in [-0.2, -0.15) is 0 Å². The van der Waals surface area contributed by atoms with E-state index >= 15 is 0 Å². The number of rotatable bonds is 8. The zero-order valence-corrected chi connectivity index (χ0v) is 20.3. The minimum Gasteiger partial charge on any atom is -0.368 e. The first-order valence-electron chi connectivity index (χ1n) is 12.2. The van der Waals surface area contributed by atoms with Gasteiger partial charge in [0.15, 0.2) is 0 Å². The molecule has 2 aromatic carbocycles. The van der Waals surface area contributed by atoms with Crippen molar-refractivity contribution in [2.24, 2.45) is 0 Å². The molecule has 0 saturated carbocycles. The van der Waals surface area contributed by atoms with Crippen molar-refractivity contribution >= 4 is 45.6 Å². The largest absolute Gasteiger partial charge is 0.368 e. The Bertz CT molecular complexity index is 1260. The van der Waals surface area contributed by atoms with E-state index < -0.39 is 17.5 Å². The molecule has 2 aliphatic heterocycles. The second kappa shape index (κ2) is 10.3. The van der Waals surface area contributed by atoms with Gasteiger partial charge in [0.25, 0.3) is 11.7 Å². The highest BCUT2D eigenvalue weighted by Crippen LogP contribution is 2.30. The zero-order chi connectivity index (χ0) is 24.4. The van der Waals surface area contributed by atoms with Crippen LogP contribution in [0.3, 0.4) is 0 Å². The maximum Gasteiger partial charge on any atom is 0.299 e. The van der Waals surface area contributed by atoms with Crippen LogP contribution >= 0.6 is 11.6 Å². The average molecular weight is 495 g/mol. The molecule has 182 valence electrons. The van der Waals surface area contributed by atoms with Crippen molar-refractivity contribution in [2.45, 2.75) is 25.7 Å². The van der Waals surface area contributed by atoms with E-state index in [-0.39, 0.29) is 5.56 Å². The van der Waals surface area contributed by atoms with E-state index in [0.717, 1.165) is 75.4 Å². The van der Waals surface area contributed by atoms with Crippen LogP contribution in [-0.2, 0) is 4.79 Å². The van der Waals surface area contributed by atoms with Crippen LogP contribution in [0.25, 0.3) is 10.9 Å². The number of pyridine rings is 1. The number of ketones is 1. The number of anilines is 2. The Kier molecular flexibility index (Phi) is 6.97. The topological polar surface area (TPSA) is 56.8 Å². The van der Waals surface area contributed by atoms with Crippen LogP contribution in [0.4, 0.5) is 15.8 Å². The molecule has 2 aliphatic rings. The first-order valence-corrected chi connectivity index (χ1v) is 12.6. The molecule has 0 bridgehead atoms. The van der Waals surface area contributed by atoms with E-state index in [9.17, 15) is 14.0 Å². The van der Waals surface area contributed by atoms with Gasteiger partial charge in [0, 0.05) is 55.0 Å². The van der Waals surface area contributed by atoms with Crippen LogP contribution in [0.15, 0.2) is 48.7 Å². The number of carbonyl (C=O) groups is 2. The van der Waals surface area contributed by atoms with Gasteiger partial charge in [-0.1, -0.05) is 24.4 Å². The van der Waals surface area contributed by atoms with E-state index in [0.29, 0.717) is 17.3 Å². The molecule has 1 fully saturated rings. The predicted octanol–water partition coefficient (Wildman–Crippen LogP) is 4.94. The molecule has 0 atom stereocenters. The summed E-state index contributed by atoms with van der Waals surface area (Å²) in [5, 5.41) is 1.84. The summed E-state index contributed by atoms with van der Waals surface area (Å²) in [6.45, 7) is 5.56. The van der Waals surface area contributed by atoms with Crippen molar-refractivity contribution in [1.29, 1.82) is 0 Å². The molecule has 1 saturated heterocycles. The molecule has 6 nitrogen and oxygen atoms in total. The lowest BCUT2D eigenvalue weighted by atomic mass is 10.1. The summed E-state index contributed by atoms with van der Waals surface area (Å²) >= 11 is 6.12. The van der Waals surface area contributed by atoms with Gasteiger partial charge in [-0.05, 0) is 61.9 Å². The predicted molar refractivity (Wildman–Crippen MR) is 137 cm³/mol. The number of unbranched alkanes of at least 4 members (excludes halogenated alkanes) is 3. The minimum absolute atomic E-state index is 0.178. The monoisotopic (exact) mass is 494 g/mol. The van der Waals surface area contributed by atoms with E-state index in [1.807, 2.05) is 18.3 Å². The van der Waals surface area contributed by atoms with E-state index in [2.05, 4.69) is 26.9 Å². The van der Waals surface area contributed by atoms with Crippen LogP contribution in [0.2, 0.25) is 5.02 Å². The number of benzene rings is 2. The molecule has 1 aromatic heterocycles. The molecule has 1 amide bonds. The Morgan fingerprint density at radius 2 is 1.63 bits per heavy atom. The van der Waals surface area contributed by atoms with Gasteiger partial charge >= 0.3 is 0 Å². The Morgan fingerprint density at radius 1 is 0.857 bits per heavy atom. The summed E-state index contributed by atoms with van der Waals surface area (Å²) in [6.07, 6.45) is 5.83. The number of carbonyl (C=O) groups excluding carboxylic acids is 2. The van der Waals surface area contributed by atoms with Crippen molar-refractivity contribution in [1.82, 2.24) is 9.88 Å². The molecule has 0 N–H and O–H groups in total. The number of piperazine rings is 1. The molecule has 5 rings (SSSR count). The van der Waals surface area contributed by atoms with Gasteiger partial charge in [-0.15, -0.1) is 0 Å². The second-order valence-electron chi connectivity index (χ2n) is 9.18. The SMILES string of the molecule is O=C1C(=O)N(CCCCCCN2CCN(c3ccnc4cc(Cl)ccc34)CC2)c2ccc(F)cc21. The summed E-state index contributed by atoms with van der Waals surface area (Å²) in [6, 6.07) is 11.9. The fourth-order valence-corrected chi connectivity index (χ4v) is 5.21. The Morgan fingerprint density at radius 3 is 2.43 bits per heavy atom. The van der Waals surface area contributed by atoms with Crippen molar-refractivity contribution in [3.05, 3.63) is 65.1 Å². The molecule has 3 aromatic rings. The molecule has 3 heterocycles. The van der Waals surface area contributed by atoms with Gasteiger partial charge in [-0.3, -0.25) is 19.5 Å². The zero-order valence-electron chi connectivity index (χ0n) is 19.6. The highest BCUT2D eigenvalue weighted by molar-refractivity contribution is 6.52. The first-order chi connectivity index (χ1) is 17.0. The van der Waals surface area contributed by atoms with Gasteiger partial charge in [0.1, 0.15) is 5.82 Å². The normalized spacial score (nSPS) is 16.4. The van der Waals surface area contributed by atoms with E-state index in [1.54, 1.807) is 0 Å². The van der Waals surface area contributed by atoms with Crippen LogP contribution in [0.1, 0.15) is 36.0 Å². The lowest BCUT2D eigenvalue weighted by molar-refractivity contribution is -0.114. The quantitative estimate of drug-likeness (QED) is 0.328. The highest BCUT2D eigenvalue weighted by atomic mass is 35.5. The van der Waals surface area contributed by atoms with Crippen molar-refractivity contribution in [3.63, 3.8) is 0 Å². The van der Waals surface area contributed by atoms with Gasteiger partial charge in [0.2, 0.25) is 0 Å². The van der Waals surface area contributed by atoms with Gasteiger partial charge in [0.05, 0.1) is 16.8 Å². The second-order valence-corrected chi connectivity index (χ2v) is 9.62. The maximum atomic E-state index is 13.4. The third-order valence-corrected chi connectivity index (χ3v) is 7.17. The Labute approximate surface area is 209 Å². The highest BCUT2D eigenvalue weighted by Gasteiger charge is 2.35. The molecule has 35 heavy (non-hydrogen) atoms. The average Bonchev–Trinajstić information content (AvgIpc) is 3.10. The summed E-state index contributed by atoms with van der Waals surface area (Å²) in [5.74, 6) is -1.65. The fraction of sp³-hybridized carbons (Fsp3) is 0.370. The number of amides is 1. The summed E-state index contributed by atoms with van der Waals surface area (Å²) in [4.78, 5) is 35.2. The number of aromatic nitrogens is 1. The first kappa shape index (κ1) is 23.7. The lowest BCUT2D eigenvalue weighted by Gasteiger charge is -2.36. The van der Waals surface area contributed by atoms with E-state index in [1.165, 1.54) is 22.7 Å². The molecular weight excluding hydrogens is 467 g/mol. The summed E-state index contributed by atoms with van der Waals surface area (Å²) < 4.78 is 13.4. The summed E-state index contributed by atoms with van der Waals surface area (Å²) in [7, 11) is 0. The summed E-state index contributed by atoms with van der Waals surface area (Å²) in [5.41, 5.74) is 2.85. The molecule has 0 radical (unpaired) electrons. The van der Waals surface area contributed by atoms with Crippen molar-refractivity contribution < 1.29 is 14.0 Å². The van der Waals surface area contributed by atoms with Crippen molar-refractivity contribution in [3.8, 4) is 0 Å². The number of Topliss-reactive ketones (excluding diaryl/α,β-unsaturated/α-hetero) is 1. The molecular formula is C27H28ClFN4O2. The Balaban J connectivity index is 1.04. The molecule has 0 spiro atoms. The van der Waals surface area contributed by atoms with E-state index in [4.69, 9.17) is 11.6 Å². The van der Waals surface area contributed by atoms with Gasteiger partial charge < -0.3 is 9.80 Å². The number of nitrogens with zero attached hydrogens (tertiary/aromatic N) is 4. The lowest BCUT2D eigenvalue weighted by Crippen LogP contribution is -2.46. The number of fused-ring (bicyclic) bond motifs is 2. The smallest absolute Gasteiger partial charge is 0.299 e. The number of hydrogen-bond acceptors (Lipinski definition) is 5. The number of hydrogen-bond donors (Lipinski definition) is 0. The number of halogens is 2. The van der Waals surface area contributed by atoms with Crippen molar-refractivity contribution in [2.75, 3.05) is 49.1 Å². The Hall–Kier alpha value is -3.03.